The van der Waals surface area contributed by atoms with E-state index in [4.69, 9.17) is 37.0 Å². The Morgan fingerprint density at radius 1 is 0.301 bits per heavy atom. The van der Waals surface area contributed by atoms with Crippen molar-refractivity contribution in [3.8, 4) is 0 Å². The lowest BCUT2D eigenvalue weighted by molar-refractivity contribution is -0.161. The Balaban J connectivity index is 5.24. The van der Waals surface area contributed by atoms with E-state index in [0.29, 0.717) is 25.7 Å². The molecule has 0 bridgehead atoms. The van der Waals surface area contributed by atoms with Crippen LogP contribution in [0.4, 0.5) is 0 Å². The summed E-state index contributed by atoms with van der Waals surface area (Å²) in [6, 6.07) is 0. The average molecular weight is 1370 g/mol. The number of aliphatic hydroxyl groups excluding tert-OH is 1. The van der Waals surface area contributed by atoms with Crippen molar-refractivity contribution in [2.24, 2.45) is 23.7 Å². The minimum absolute atomic E-state index is 0.103. The van der Waals surface area contributed by atoms with Crippen molar-refractivity contribution in [3.05, 3.63) is 0 Å². The minimum Gasteiger partial charge on any atom is -0.462 e. The fourth-order valence-electron chi connectivity index (χ4n) is 11.2. The van der Waals surface area contributed by atoms with E-state index in [1.807, 2.05) is 0 Å². The maximum atomic E-state index is 13.1. The van der Waals surface area contributed by atoms with E-state index in [1.165, 1.54) is 167 Å². The molecule has 3 unspecified atom stereocenters. The second-order valence-corrected chi connectivity index (χ2v) is 31.3. The van der Waals surface area contributed by atoms with Crippen molar-refractivity contribution < 1.29 is 80.2 Å². The van der Waals surface area contributed by atoms with Gasteiger partial charge in [0.25, 0.3) is 0 Å². The van der Waals surface area contributed by atoms with E-state index in [-0.39, 0.29) is 25.7 Å². The number of ether oxygens (including phenoxy) is 4. The zero-order valence-corrected chi connectivity index (χ0v) is 62.7. The second kappa shape index (κ2) is 63.5. The van der Waals surface area contributed by atoms with E-state index in [0.717, 1.165) is 120 Å². The smallest absolute Gasteiger partial charge is 0.462 e. The van der Waals surface area contributed by atoms with Gasteiger partial charge in [-0.05, 0) is 49.4 Å². The first-order chi connectivity index (χ1) is 44.6. The van der Waals surface area contributed by atoms with E-state index in [1.54, 1.807) is 0 Å². The monoisotopic (exact) mass is 1370 g/mol. The number of hydrogen-bond acceptors (Lipinski definition) is 15. The van der Waals surface area contributed by atoms with Crippen LogP contribution < -0.4 is 0 Å². The standard InChI is InChI=1S/C74H144O17P2/c1-9-67(8)53-45-37-32-33-39-47-55-72(77)85-61-70(91-74(79)57-49-41-31-25-24-28-36-44-52-66(6)7)63-89-93(82,83)87-59-68(75)58-86-92(80,81)88-62-69(90-73(78)56-48-40-30-23-19-15-14-17-21-27-35-43-51-65(4)5)60-84-71(76)54-46-38-29-22-18-13-11-10-12-16-20-26-34-42-50-64(2)3/h64-70,75H,9-63H2,1-8H3,(H,80,81)(H,82,83)/t67?,68-,69-,70-/m1/s1. The van der Waals surface area contributed by atoms with E-state index in [2.05, 4.69) is 55.4 Å². The third kappa shape index (κ3) is 67.0. The highest BCUT2D eigenvalue weighted by Gasteiger charge is 2.30. The van der Waals surface area contributed by atoms with Crippen LogP contribution in [0, 0.1) is 23.7 Å². The summed E-state index contributed by atoms with van der Waals surface area (Å²) in [5, 5.41) is 10.6. The van der Waals surface area contributed by atoms with E-state index >= 15 is 0 Å². The summed E-state index contributed by atoms with van der Waals surface area (Å²) >= 11 is 0. The molecule has 0 aromatic rings. The lowest BCUT2D eigenvalue weighted by Crippen LogP contribution is -2.30. The van der Waals surface area contributed by atoms with Gasteiger partial charge in [0.15, 0.2) is 12.2 Å². The molecule has 0 rings (SSSR count). The molecule has 0 aliphatic carbocycles. The van der Waals surface area contributed by atoms with Crippen LogP contribution in [-0.2, 0) is 65.4 Å². The molecule has 19 heteroatoms. The van der Waals surface area contributed by atoms with Crippen molar-refractivity contribution in [1.29, 1.82) is 0 Å². The lowest BCUT2D eigenvalue weighted by Gasteiger charge is -2.21. The highest BCUT2D eigenvalue weighted by molar-refractivity contribution is 7.47. The molecule has 0 aliphatic rings. The van der Waals surface area contributed by atoms with Gasteiger partial charge < -0.3 is 33.8 Å². The van der Waals surface area contributed by atoms with Gasteiger partial charge in [-0.3, -0.25) is 37.3 Å². The fraction of sp³-hybridized carbons (Fsp3) is 0.946. The normalized spacial score (nSPS) is 14.5. The molecule has 0 spiro atoms. The van der Waals surface area contributed by atoms with Crippen molar-refractivity contribution in [1.82, 2.24) is 0 Å². The number of esters is 4. The summed E-state index contributed by atoms with van der Waals surface area (Å²) in [7, 11) is -9.91. The number of rotatable bonds is 71. The molecular weight excluding hydrogens is 1220 g/mol. The molecule has 552 valence electrons. The summed E-state index contributed by atoms with van der Waals surface area (Å²) in [6.07, 6.45) is 47.3. The van der Waals surface area contributed by atoms with Crippen molar-refractivity contribution in [2.75, 3.05) is 39.6 Å². The van der Waals surface area contributed by atoms with Crippen molar-refractivity contribution in [3.63, 3.8) is 0 Å². The van der Waals surface area contributed by atoms with E-state index in [9.17, 15) is 43.2 Å². The summed E-state index contributed by atoms with van der Waals surface area (Å²) < 4.78 is 68.4. The SMILES string of the molecule is CCC(C)CCCCCCCCC(=O)OC[C@H](COP(=O)(O)OC[C@H](O)COP(=O)(O)OC[C@@H](COC(=O)CCCCCCCCCCCCCCCCC(C)C)OC(=O)CCCCCCCCCCCCCCC(C)C)OC(=O)CCCCCCCCCCC(C)C. The van der Waals surface area contributed by atoms with Gasteiger partial charge in [-0.2, -0.15) is 0 Å². The van der Waals surface area contributed by atoms with Crippen LogP contribution in [0.2, 0.25) is 0 Å². The molecule has 0 aromatic carbocycles. The van der Waals surface area contributed by atoms with Gasteiger partial charge in [0.1, 0.15) is 19.3 Å². The maximum Gasteiger partial charge on any atom is 0.472 e. The predicted octanol–water partition coefficient (Wildman–Crippen LogP) is 21.3. The Bertz CT molecular complexity index is 1840. The third-order valence-electron chi connectivity index (χ3n) is 17.4. The molecule has 0 radical (unpaired) electrons. The molecule has 0 fully saturated rings. The number of unbranched alkanes of at least 4 members (excludes halogenated alkanes) is 36. The summed E-state index contributed by atoms with van der Waals surface area (Å²) in [6.45, 7) is 14.1. The van der Waals surface area contributed by atoms with Gasteiger partial charge >= 0.3 is 39.5 Å². The van der Waals surface area contributed by atoms with Gasteiger partial charge in [0, 0.05) is 25.7 Å². The molecule has 0 amide bonds. The summed E-state index contributed by atoms with van der Waals surface area (Å²) in [5.41, 5.74) is 0. The van der Waals surface area contributed by atoms with Crippen LogP contribution in [0.25, 0.3) is 0 Å². The molecule has 93 heavy (non-hydrogen) atoms. The number of hydrogen-bond donors (Lipinski definition) is 3. The number of carbonyl (C=O) groups excluding carboxylic acids is 4. The average Bonchev–Trinajstić information content (AvgIpc) is 1.98. The van der Waals surface area contributed by atoms with Crippen LogP contribution in [0.15, 0.2) is 0 Å². The van der Waals surface area contributed by atoms with Gasteiger partial charge in [-0.1, -0.05) is 319 Å². The molecule has 0 saturated carbocycles. The molecular formula is C74H144O17P2. The number of aliphatic hydroxyl groups is 1. The highest BCUT2D eigenvalue weighted by atomic mass is 31.2. The zero-order valence-electron chi connectivity index (χ0n) is 60.9. The quantitative estimate of drug-likeness (QED) is 0.0222. The van der Waals surface area contributed by atoms with Gasteiger partial charge in [-0.15, -0.1) is 0 Å². The Morgan fingerprint density at radius 3 is 0.763 bits per heavy atom. The Kier molecular flexibility index (Phi) is 62.2. The Hall–Kier alpha value is -1.94. The first-order valence-corrected chi connectivity index (χ1v) is 41.2. The van der Waals surface area contributed by atoms with Crippen LogP contribution >= 0.6 is 15.6 Å². The Morgan fingerprint density at radius 2 is 0.516 bits per heavy atom. The fourth-order valence-corrected chi connectivity index (χ4v) is 12.7. The first kappa shape index (κ1) is 91.1. The minimum atomic E-state index is -4.96. The lowest BCUT2D eigenvalue weighted by atomic mass is 10.00. The zero-order chi connectivity index (χ0) is 68.9. The summed E-state index contributed by atoms with van der Waals surface area (Å²) in [5.74, 6) is 0.899. The van der Waals surface area contributed by atoms with E-state index < -0.39 is 97.5 Å². The number of phosphoric ester groups is 2. The highest BCUT2D eigenvalue weighted by Crippen LogP contribution is 2.45. The molecule has 0 saturated heterocycles. The van der Waals surface area contributed by atoms with Crippen molar-refractivity contribution in [2.45, 2.75) is 388 Å². The van der Waals surface area contributed by atoms with Crippen LogP contribution in [0.5, 0.6) is 0 Å². The molecule has 0 heterocycles. The maximum absolute atomic E-state index is 13.1. The van der Waals surface area contributed by atoms with Crippen LogP contribution in [0.3, 0.4) is 0 Å². The molecule has 6 atom stereocenters. The molecule has 0 aliphatic heterocycles. The first-order valence-electron chi connectivity index (χ1n) is 38.2. The summed E-state index contributed by atoms with van der Waals surface area (Å²) in [4.78, 5) is 72.7. The van der Waals surface area contributed by atoms with Crippen LogP contribution in [0.1, 0.15) is 370 Å². The topological polar surface area (TPSA) is 237 Å². The van der Waals surface area contributed by atoms with Gasteiger partial charge in [0.05, 0.1) is 26.4 Å². The molecule has 17 nitrogen and oxygen atoms in total. The number of carbonyl (C=O) groups is 4. The largest absolute Gasteiger partial charge is 0.472 e. The third-order valence-corrected chi connectivity index (χ3v) is 19.3. The van der Waals surface area contributed by atoms with Crippen LogP contribution in [-0.4, -0.2) is 96.7 Å². The Labute approximate surface area is 568 Å². The molecule has 3 N–H and O–H groups in total. The number of phosphoric acid groups is 2. The second-order valence-electron chi connectivity index (χ2n) is 28.4. The molecule has 0 aromatic heterocycles. The van der Waals surface area contributed by atoms with Gasteiger partial charge in [-0.25, -0.2) is 9.13 Å². The van der Waals surface area contributed by atoms with Crippen molar-refractivity contribution >= 4 is 39.5 Å². The predicted molar refractivity (Wildman–Crippen MR) is 377 cm³/mol. The van der Waals surface area contributed by atoms with Gasteiger partial charge in [0.2, 0.25) is 0 Å².